The Bertz CT molecular complexity index is 1260. The van der Waals surface area contributed by atoms with E-state index in [1.54, 1.807) is 0 Å². The highest BCUT2D eigenvalue weighted by Crippen LogP contribution is 2.39. The van der Waals surface area contributed by atoms with Crippen LogP contribution in [0.2, 0.25) is 0 Å². The van der Waals surface area contributed by atoms with Crippen LogP contribution >= 0.6 is 0 Å². The number of nitrogens with zero attached hydrogens (tertiary/aromatic N) is 2. The van der Waals surface area contributed by atoms with Crippen molar-refractivity contribution in [2.75, 3.05) is 32.1 Å². The number of aromatic amines is 1. The van der Waals surface area contributed by atoms with Gasteiger partial charge in [-0.3, -0.25) is 4.79 Å². The van der Waals surface area contributed by atoms with E-state index in [1.165, 1.54) is 16.1 Å². The van der Waals surface area contributed by atoms with Crippen molar-refractivity contribution in [1.82, 2.24) is 14.3 Å². The summed E-state index contributed by atoms with van der Waals surface area (Å²) in [6.07, 6.45) is 12.7. The zero-order valence-electron chi connectivity index (χ0n) is 20.5. The number of ketones is 1. The lowest BCUT2D eigenvalue weighted by Gasteiger charge is -2.29. The van der Waals surface area contributed by atoms with Crippen LogP contribution in [0.4, 0.5) is 0 Å². The average Bonchev–Trinajstić information content (AvgIpc) is 3.34. The maximum Gasteiger partial charge on any atom is 0.214 e. The van der Waals surface area contributed by atoms with Gasteiger partial charge in [-0.2, -0.15) is 4.31 Å². The number of benzene rings is 1. The molecule has 0 unspecified atom stereocenters. The molecule has 1 aliphatic carbocycles. The number of terminal acetylenes is 1. The zero-order valence-corrected chi connectivity index (χ0v) is 21.3. The van der Waals surface area contributed by atoms with Crippen molar-refractivity contribution in [3.05, 3.63) is 58.7 Å². The molecular weight excluding hydrogens is 462 g/mol. The molecule has 186 valence electrons. The van der Waals surface area contributed by atoms with Gasteiger partial charge in [0.2, 0.25) is 15.8 Å². The Hall–Kier alpha value is -2.73. The van der Waals surface area contributed by atoms with Crippen molar-refractivity contribution in [2.45, 2.75) is 46.0 Å². The number of ether oxygens (including phenoxy) is 1. The number of morpholine rings is 1. The lowest BCUT2D eigenvalue weighted by Crippen LogP contribution is -2.42. The number of nitrogens with one attached hydrogen (secondary N) is 1. The molecule has 0 radical (unpaired) electrons. The molecule has 2 aliphatic rings. The maximum absolute atomic E-state index is 12.9. The summed E-state index contributed by atoms with van der Waals surface area (Å²) < 4.78 is 32.4. The summed E-state index contributed by atoms with van der Waals surface area (Å²) in [7, 11) is -3.34. The monoisotopic (exact) mass is 495 g/mol. The number of imidazole rings is 1. The molecule has 8 heteroatoms. The Morgan fingerprint density at radius 1 is 1.29 bits per heavy atom. The molecule has 1 aromatic carbocycles. The second-order valence-corrected chi connectivity index (χ2v) is 12.1. The van der Waals surface area contributed by atoms with Gasteiger partial charge in [-0.15, -0.1) is 6.42 Å². The zero-order chi connectivity index (χ0) is 25.1. The minimum absolute atomic E-state index is 0.0536. The van der Waals surface area contributed by atoms with Crippen molar-refractivity contribution in [3.8, 4) is 12.3 Å². The summed E-state index contributed by atoms with van der Waals surface area (Å²) in [6, 6.07) is 5.95. The Morgan fingerprint density at radius 2 is 2.06 bits per heavy atom. The SMILES string of the molecule is C#Cc1cnc(C(=O)Cc2ccc(CCS(=O)(=O)N3CCOCC3)cc2C2=CCC(C)(C)CC2)[nH]1. The molecule has 1 fully saturated rings. The van der Waals surface area contributed by atoms with Crippen LogP contribution in [0.1, 0.15) is 66.1 Å². The summed E-state index contributed by atoms with van der Waals surface area (Å²) in [5.41, 5.74) is 4.84. The summed E-state index contributed by atoms with van der Waals surface area (Å²) in [5.74, 6) is 2.63. The highest BCUT2D eigenvalue weighted by atomic mass is 32.2. The highest BCUT2D eigenvalue weighted by molar-refractivity contribution is 7.89. The summed E-state index contributed by atoms with van der Waals surface area (Å²) in [6.45, 7) is 6.22. The number of aromatic nitrogens is 2. The van der Waals surface area contributed by atoms with Crippen molar-refractivity contribution in [2.24, 2.45) is 5.41 Å². The number of Topliss-reactive ketones (excluding diaryl/α,β-unsaturated/α-hetero) is 1. The van der Waals surface area contributed by atoms with Crippen molar-refractivity contribution in [1.29, 1.82) is 0 Å². The molecular formula is C27H33N3O4S. The number of carbonyl (C=O) groups excluding carboxylic acids is 1. The molecule has 4 rings (SSSR count). The Labute approximate surface area is 208 Å². The minimum atomic E-state index is -3.34. The summed E-state index contributed by atoms with van der Waals surface area (Å²) in [4.78, 5) is 19.9. The van der Waals surface area contributed by atoms with Gasteiger partial charge in [0.1, 0.15) is 5.69 Å². The third-order valence-electron chi connectivity index (χ3n) is 6.85. The van der Waals surface area contributed by atoms with Gasteiger partial charge in [-0.1, -0.05) is 44.0 Å². The Kier molecular flexibility index (Phi) is 7.60. The molecule has 0 bridgehead atoms. The van der Waals surface area contributed by atoms with Crippen molar-refractivity contribution >= 4 is 21.4 Å². The van der Waals surface area contributed by atoms with Gasteiger partial charge in [0.15, 0.2) is 5.82 Å². The number of H-pyrrole nitrogens is 1. The van der Waals surface area contributed by atoms with Crippen LogP contribution in [0.3, 0.4) is 0 Å². The van der Waals surface area contributed by atoms with E-state index in [4.69, 9.17) is 11.2 Å². The number of hydrogen-bond donors (Lipinski definition) is 1. The van der Waals surface area contributed by atoms with Crippen molar-refractivity contribution < 1.29 is 17.9 Å². The average molecular weight is 496 g/mol. The van der Waals surface area contributed by atoms with Gasteiger partial charge in [-0.25, -0.2) is 13.4 Å². The molecule has 0 spiro atoms. The van der Waals surface area contributed by atoms with E-state index in [-0.39, 0.29) is 29.2 Å². The number of aryl methyl sites for hydroxylation is 1. The molecule has 0 saturated carbocycles. The fourth-order valence-electron chi connectivity index (χ4n) is 4.55. The molecule has 1 saturated heterocycles. The number of hydrogen-bond acceptors (Lipinski definition) is 5. The van der Waals surface area contributed by atoms with Crippen LogP contribution in [0.25, 0.3) is 5.57 Å². The first kappa shape index (κ1) is 25.4. The first-order valence-corrected chi connectivity index (χ1v) is 13.7. The first-order chi connectivity index (χ1) is 16.7. The van der Waals surface area contributed by atoms with Crippen LogP contribution < -0.4 is 0 Å². The smallest absolute Gasteiger partial charge is 0.214 e. The van der Waals surface area contributed by atoms with Gasteiger partial charge < -0.3 is 9.72 Å². The van der Waals surface area contributed by atoms with Crippen LogP contribution in [-0.2, 0) is 27.6 Å². The van der Waals surface area contributed by atoms with Crippen LogP contribution in [0.5, 0.6) is 0 Å². The van der Waals surface area contributed by atoms with Gasteiger partial charge in [0, 0.05) is 19.5 Å². The fourth-order valence-corrected chi connectivity index (χ4v) is 6.00. The van der Waals surface area contributed by atoms with E-state index in [1.807, 2.05) is 12.1 Å². The highest BCUT2D eigenvalue weighted by Gasteiger charge is 2.26. The molecule has 1 N–H and O–H groups in total. The topological polar surface area (TPSA) is 92.4 Å². The Balaban J connectivity index is 1.57. The van der Waals surface area contributed by atoms with Gasteiger partial charge in [-0.05, 0) is 53.4 Å². The molecule has 0 atom stereocenters. The van der Waals surface area contributed by atoms with E-state index in [0.29, 0.717) is 38.4 Å². The van der Waals surface area contributed by atoms with E-state index >= 15 is 0 Å². The second kappa shape index (κ2) is 10.5. The van der Waals surface area contributed by atoms with Gasteiger partial charge in [0.25, 0.3) is 0 Å². The Morgan fingerprint density at radius 3 is 2.71 bits per heavy atom. The number of rotatable bonds is 8. The van der Waals surface area contributed by atoms with Crippen LogP contribution in [0, 0.1) is 17.8 Å². The molecule has 1 aromatic heterocycles. The molecule has 2 aromatic rings. The van der Waals surface area contributed by atoms with Crippen LogP contribution in [-0.4, -0.2) is 60.5 Å². The number of carbonyl (C=O) groups is 1. The molecule has 2 heterocycles. The predicted octanol–water partition coefficient (Wildman–Crippen LogP) is 3.61. The fraction of sp³-hybridized carbons (Fsp3) is 0.481. The minimum Gasteiger partial charge on any atom is -0.379 e. The lowest BCUT2D eigenvalue weighted by atomic mass is 9.76. The maximum atomic E-state index is 12.9. The van der Waals surface area contributed by atoms with Crippen molar-refractivity contribution in [3.63, 3.8) is 0 Å². The second-order valence-electron chi connectivity index (χ2n) is 10.1. The molecule has 1 aliphatic heterocycles. The molecule has 0 amide bonds. The van der Waals surface area contributed by atoms with E-state index in [0.717, 1.165) is 36.0 Å². The quantitative estimate of drug-likeness (QED) is 0.446. The third kappa shape index (κ3) is 6.29. The largest absolute Gasteiger partial charge is 0.379 e. The summed E-state index contributed by atoms with van der Waals surface area (Å²) in [5, 5.41) is 0. The standard InChI is InChI=1S/C27H33N3O4S/c1-4-23-19-28-26(29-23)25(31)18-22-6-5-20(9-16-35(32,33)30-12-14-34-15-13-30)17-24(22)21-7-10-27(2,3)11-8-21/h1,5-7,17,19H,8-16,18H2,2-3H3,(H,28,29). The predicted molar refractivity (Wildman–Crippen MR) is 136 cm³/mol. The summed E-state index contributed by atoms with van der Waals surface area (Å²) >= 11 is 0. The normalized spacial score (nSPS) is 18.6. The van der Waals surface area contributed by atoms with Gasteiger partial charge >= 0.3 is 0 Å². The van der Waals surface area contributed by atoms with Gasteiger partial charge in [0.05, 0.1) is 25.2 Å². The third-order valence-corrected chi connectivity index (χ3v) is 8.72. The molecule has 7 nitrogen and oxygen atoms in total. The van der Waals surface area contributed by atoms with Crippen LogP contribution in [0.15, 0.2) is 30.5 Å². The number of allylic oxidation sites excluding steroid dienone is 2. The van der Waals surface area contributed by atoms with E-state index in [2.05, 4.69) is 41.9 Å². The number of sulfonamides is 1. The molecule has 35 heavy (non-hydrogen) atoms. The van der Waals surface area contributed by atoms with E-state index < -0.39 is 10.0 Å². The van der Waals surface area contributed by atoms with E-state index in [9.17, 15) is 13.2 Å². The lowest BCUT2D eigenvalue weighted by molar-refractivity contribution is 0.0730. The first-order valence-electron chi connectivity index (χ1n) is 12.1.